The van der Waals surface area contributed by atoms with Gasteiger partial charge in [0.25, 0.3) is 5.91 Å². The Kier molecular flexibility index (Phi) is 5.83. The maximum absolute atomic E-state index is 12.2. The summed E-state index contributed by atoms with van der Waals surface area (Å²) < 4.78 is 5.15. The van der Waals surface area contributed by atoms with E-state index in [0.29, 0.717) is 36.7 Å². The SMILES string of the molecule is CC(NC(=O)NC1CCN(C(=O)c2ccco2)CC1)c1cccc(Cl)c1. The number of halogens is 1. The Hall–Kier alpha value is -2.47. The molecule has 1 atom stereocenters. The van der Waals surface area contributed by atoms with Crippen LogP contribution >= 0.6 is 11.6 Å². The molecule has 1 fully saturated rings. The highest BCUT2D eigenvalue weighted by atomic mass is 35.5. The van der Waals surface area contributed by atoms with Crippen LogP contribution in [0.2, 0.25) is 5.02 Å². The summed E-state index contributed by atoms with van der Waals surface area (Å²) in [5.41, 5.74) is 0.950. The predicted octanol–water partition coefficient (Wildman–Crippen LogP) is 3.60. The number of carbonyl (C=O) groups is 2. The van der Waals surface area contributed by atoms with Gasteiger partial charge in [-0.05, 0) is 49.6 Å². The van der Waals surface area contributed by atoms with Crippen molar-refractivity contribution in [2.24, 2.45) is 0 Å². The topological polar surface area (TPSA) is 74.6 Å². The number of furan rings is 1. The van der Waals surface area contributed by atoms with Crippen molar-refractivity contribution in [3.63, 3.8) is 0 Å². The summed E-state index contributed by atoms with van der Waals surface area (Å²) in [6, 6.07) is 10.5. The van der Waals surface area contributed by atoms with E-state index in [1.165, 1.54) is 6.26 Å². The Bertz CT molecular complexity index is 755. The molecule has 0 saturated carbocycles. The number of amides is 3. The molecule has 1 aromatic heterocycles. The highest BCUT2D eigenvalue weighted by Crippen LogP contribution is 2.18. The average Bonchev–Trinajstić information content (AvgIpc) is 3.16. The molecule has 1 aromatic carbocycles. The minimum atomic E-state index is -0.215. The molecular weight excluding hydrogens is 354 g/mol. The maximum atomic E-state index is 12.2. The van der Waals surface area contributed by atoms with Crippen LogP contribution in [0.15, 0.2) is 47.1 Å². The largest absolute Gasteiger partial charge is 0.459 e. The van der Waals surface area contributed by atoms with Crippen molar-refractivity contribution in [1.29, 1.82) is 0 Å². The molecule has 2 heterocycles. The Morgan fingerprint density at radius 2 is 2.00 bits per heavy atom. The van der Waals surface area contributed by atoms with E-state index >= 15 is 0 Å². The van der Waals surface area contributed by atoms with Gasteiger partial charge in [-0.1, -0.05) is 23.7 Å². The highest BCUT2D eigenvalue weighted by Gasteiger charge is 2.26. The molecule has 1 unspecified atom stereocenters. The number of likely N-dealkylation sites (tertiary alicyclic amines) is 1. The normalized spacial score (nSPS) is 16.2. The second kappa shape index (κ2) is 8.27. The standard InChI is InChI=1S/C19H22ClN3O3/c1-13(14-4-2-5-15(20)12-14)21-19(25)22-16-7-9-23(10-8-16)18(24)17-6-3-11-26-17/h2-6,11-13,16H,7-10H2,1H3,(H2,21,22,25). The Balaban J connectivity index is 1.45. The third-order valence-corrected chi connectivity index (χ3v) is 4.78. The molecule has 1 saturated heterocycles. The lowest BCUT2D eigenvalue weighted by molar-refractivity contribution is 0.0676. The number of piperidine rings is 1. The van der Waals surface area contributed by atoms with E-state index in [-0.39, 0.29) is 24.0 Å². The molecule has 0 bridgehead atoms. The van der Waals surface area contributed by atoms with E-state index in [1.54, 1.807) is 23.1 Å². The van der Waals surface area contributed by atoms with Gasteiger partial charge in [0.05, 0.1) is 12.3 Å². The third-order valence-electron chi connectivity index (χ3n) is 4.55. The molecule has 0 aliphatic carbocycles. The summed E-state index contributed by atoms with van der Waals surface area (Å²) in [6.45, 7) is 3.10. The monoisotopic (exact) mass is 375 g/mol. The second-order valence-electron chi connectivity index (χ2n) is 6.44. The molecule has 2 aromatic rings. The zero-order chi connectivity index (χ0) is 18.5. The molecule has 3 rings (SSSR count). The zero-order valence-corrected chi connectivity index (χ0v) is 15.3. The maximum Gasteiger partial charge on any atom is 0.315 e. The van der Waals surface area contributed by atoms with Crippen LogP contribution in [0.4, 0.5) is 4.79 Å². The van der Waals surface area contributed by atoms with Gasteiger partial charge in [0, 0.05) is 24.2 Å². The first-order chi connectivity index (χ1) is 12.5. The lowest BCUT2D eigenvalue weighted by Gasteiger charge is -2.32. The minimum absolute atomic E-state index is 0.0437. The molecule has 26 heavy (non-hydrogen) atoms. The van der Waals surface area contributed by atoms with Crippen LogP contribution in [0.3, 0.4) is 0 Å². The molecule has 7 heteroatoms. The van der Waals surface area contributed by atoms with Crippen LogP contribution in [-0.2, 0) is 0 Å². The third kappa shape index (κ3) is 4.58. The van der Waals surface area contributed by atoms with Crippen molar-refractivity contribution in [2.75, 3.05) is 13.1 Å². The van der Waals surface area contributed by atoms with E-state index in [2.05, 4.69) is 10.6 Å². The van der Waals surface area contributed by atoms with Crippen LogP contribution < -0.4 is 10.6 Å². The van der Waals surface area contributed by atoms with Crippen molar-refractivity contribution in [2.45, 2.75) is 31.8 Å². The number of hydrogen-bond acceptors (Lipinski definition) is 3. The van der Waals surface area contributed by atoms with E-state index in [9.17, 15) is 9.59 Å². The zero-order valence-electron chi connectivity index (χ0n) is 14.6. The van der Waals surface area contributed by atoms with Crippen molar-refractivity contribution < 1.29 is 14.0 Å². The molecule has 0 spiro atoms. The van der Waals surface area contributed by atoms with Gasteiger partial charge in [-0.2, -0.15) is 0 Å². The predicted molar refractivity (Wildman–Crippen MR) is 99.2 cm³/mol. The first-order valence-corrected chi connectivity index (χ1v) is 9.06. The summed E-state index contributed by atoms with van der Waals surface area (Å²) in [7, 11) is 0. The van der Waals surface area contributed by atoms with E-state index in [0.717, 1.165) is 5.56 Å². The van der Waals surface area contributed by atoms with E-state index < -0.39 is 0 Å². The molecule has 1 aliphatic heterocycles. The van der Waals surface area contributed by atoms with Crippen molar-refractivity contribution in [1.82, 2.24) is 15.5 Å². The highest BCUT2D eigenvalue weighted by molar-refractivity contribution is 6.30. The second-order valence-corrected chi connectivity index (χ2v) is 6.87. The van der Waals surface area contributed by atoms with Crippen molar-refractivity contribution in [3.05, 3.63) is 59.0 Å². The van der Waals surface area contributed by atoms with Gasteiger partial charge in [0.1, 0.15) is 0 Å². The number of urea groups is 1. The van der Waals surface area contributed by atoms with Gasteiger partial charge in [-0.3, -0.25) is 4.79 Å². The van der Waals surface area contributed by atoms with Crippen molar-refractivity contribution >= 4 is 23.5 Å². The number of carbonyl (C=O) groups excluding carboxylic acids is 2. The van der Waals surface area contributed by atoms with Crippen LogP contribution in [0.1, 0.15) is 41.9 Å². The van der Waals surface area contributed by atoms with E-state index in [1.807, 2.05) is 25.1 Å². The fraction of sp³-hybridized carbons (Fsp3) is 0.368. The molecule has 1 aliphatic rings. The summed E-state index contributed by atoms with van der Waals surface area (Å²) in [4.78, 5) is 26.2. The summed E-state index contributed by atoms with van der Waals surface area (Å²) >= 11 is 5.99. The van der Waals surface area contributed by atoms with Crippen LogP contribution in [0.25, 0.3) is 0 Å². The van der Waals surface area contributed by atoms with Gasteiger partial charge < -0.3 is 20.0 Å². The number of rotatable bonds is 4. The smallest absolute Gasteiger partial charge is 0.315 e. The van der Waals surface area contributed by atoms with Crippen LogP contribution in [0.5, 0.6) is 0 Å². The average molecular weight is 376 g/mol. The molecule has 3 amide bonds. The quantitative estimate of drug-likeness (QED) is 0.857. The molecule has 6 nitrogen and oxygen atoms in total. The first kappa shape index (κ1) is 18.3. The summed E-state index contributed by atoms with van der Waals surface area (Å²) in [5, 5.41) is 6.55. The Morgan fingerprint density at radius 3 is 2.65 bits per heavy atom. The molecule has 0 radical (unpaired) electrons. The van der Waals surface area contributed by atoms with Crippen LogP contribution in [0, 0.1) is 0 Å². The summed E-state index contributed by atoms with van der Waals surface area (Å²) in [6.07, 6.45) is 2.92. The fourth-order valence-electron chi connectivity index (χ4n) is 3.07. The number of nitrogens with one attached hydrogen (secondary N) is 2. The van der Waals surface area contributed by atoms with E-state index in [4.69, 9.17) is 16.0 Å². The number of hydrogen-bond donors (Lipinski definition) is 2. The Labute approximate surface area is 157 Å². The molecular formula is C19H22ClN3O3. The summed E-state index contributed by atoms with van der Waals surface area (Å²) in [5.74, 6) is 0.247. The Morgan fingerprint density at radius 1 is 1.23 bits per heavy atom. The first-order valence-electron chi connectivity index (χ1n) is 8.68. The van der Waals surface area contributed by atoms with Gasteiger partial charge in [-0.15, -0.1) is 0 Å². The van der Waals surface area contributed by atoms with Gasteiger partial charge >= 0.3 is 6.03 Å². The molecule has 2 N–H and O–H groups in total. The van der Waals surface area contributed by atoms with Crippen molar-refractivity contribution in [3.8, 4) is 0 Å². The fourth-order valence-corrected chi connectivity index (χ4v) is 3.26. The molecule has 138 valence electrons. The van der Waals surface area contributed by atoms with Gasteiger partial charge in [0.2, 0.25) is 0 Å². The number of benzene rings is 1. The van der Waals surface area contributed by atoms with Gasteiger partial charge in [0.15, 0.2) is 5.76 Å². The number of nitrogens with zero attached hydrogens (tertiary/aromatic N) is 1. The lowest BCUT2D eigenvalue weighted by atomic mass is 10.0. The lowest BCUT2D eigenvalue weighted by Crippen LogP contribution is -2.49. The minimum Gasteiger partial charge on any atom is -0.459 e. The van der Waals surface area contributed by atoms with Gasteiger partial charge in [-0.25, -0.2) is 4.79 Å². The van der Waals surface area contributed by atoms with Crippen LogP contribution in [-0.4, -0.2) is 36.0 Å².